The zero-order valence-electron chi connectivity index (χ0n) is 11.6. The van der Waals surface area contributed by atoms with Crippen LogP contribution in [0.1, 0.15) is 20.8 Å². The van der Waals surface area contributed by atoms with E-state index >= 15 is 0 Å². The van der Waals surface area contributed by atoms with Gasteiger partial charge in [0, 0.05) is 16.0 Å². The topological polar surface area (TPSA) is 66.4 Å². The monoisotopic (exact) mass is 315 g/mol. The van der Waals surface area contributed by atoms with Gasteiger partial charge in [-0.25, -0.2) is 0 Å². The molecule has 6 heteroatoms. The Balaban J connectivity index is 2.54. The SMILES string of the molecule is CC(Sc1ccc(Cl)cc1)C(=O)NC(C)C(C)C(=O)O. The second kappa shape index (κ2) is 7.55. The average Bonchev–Trinajstić information content (AvgIpc) is 2.40. The van der Waals surface area contributed by atoms with Crippen molar-refractivity contribution in [3.63, 3.8) is 0 Å². The third kappa shape index (κ3) is 5.06. The lowest BCUT2D eigenvalue weighted by Gasteiger charge is -2.20. The van der Waals surface area contributed by atoms with Gasteiger partial charge in [0.25, 0.3) is 0 Å². The van der Waals surface area contributed by atoms with Crippen LogP contribution in [0.4, 0.5) is 0 Å². The maximum Gasteiger partial charge on any atom is 0.308 e. The summed E-state index contributed by atoms with van der Waals surface area (Å²) in [6.07, 6.45) is 0. The molecule has 4 nitrogen and oxygen atoms in total. The van der Waals surface area contributed by atoms with Gasteiger partial charge in [0.2, 0.25) is 5.91 Å². The molecule has 1 amide bonds. The van der Waals surface area contributed by atoms with Crippen LogP contribution >= 0.6 is 23.4 Å². The van der Waals surface area contributed by atoms with Crippen LogP contribution in [0, 0.1) is 5.92 Å². The molecular weight excluding hydrogens is 298 g/mol. The van der Waals surface area contributed by atoms with E-state index in [1.165, 1.54) is 11.8 Å². The van der Waals surface area contributed by atoms with E-state index in [1.807, 2.05) is 12.1 Å². The molecule has 3 atom stereocenters. The van der Waals surface area contributed by atoms with Crippen LogP contribution < -0.4 is 5.32 Å². The molecule has 0 aromatic heterocycles. The van der Waals surface area contributed by atoms with Gasteiger partial charge in [0.05, 0.1) is 11.2 Å². The minimum absolute atomic E-state index is 0.175. The summed E-state index contributed by atoms with van der Waals surface area (Å²) in [6.45, 7) is 5.05. The molecule has 110 valence electrons. The standard InChI is InChI=1S/C14H18ClNO3S/c1-8(14(18)19)9(2)16-13(17)10(3)20-12-6-4-11(15)5-7-12/h4-10H,1-3H3,(H,16,17)(H,18,19). The van der Waals surface area contributed by atoms with Crippen molar-refractivity contribution < 1.29 is 14.7 Å². The fourth-order valence-electron chi connectivity index (χ4n) is 1.45. The number of carboxylic acids is 1. The number of carbonyl (C=O) groups excluding carboxylic acids is 1. The van der Waals surface area contributed by atoms with Gasteiger partial charge in [-0.1, -0.05) is 11.6 Å². The van der Waals surface area contributed by atoms with Crippen LogP contribution in [0.5, 0.6) is 0 Å². The third-order valence-electron chi connectivity index (χ3n) is 3.01. The summed E-state index contributed by atoms with van der Waals surface area (Å²) < 4.78 is 0. The highest BCUT2D eigenvalue weighted by Crippen LogP contribution is 2.24. The Morgan fingerprint density at radius 1 is 1.20 bits per heavy atom. The Kier molecular flexibility index (Phi) is 6.36. The van der Waals surface area contributed by atoms with Crippen LogP contribution in [-0.2, 0) is 9.59 Å². The van der Waals surface area contributed by atoms with Crippen molar-refractivity contribution in [2.24, 2.45) is 5.92 Å². The fraction of sp³-hybridized carbons (Fsp3) is 0.429. The van der Waals surface area contributed by atoms with Crippen LogP contribution in [-0.4, -0.2) is 28.3 Å². The summed E-state index contributed by atoms with van der Waals surface area (Å²) in [6, 6.07) is 6.82. The van der Waals surface area contributed by atoms with Gasteiger partial charge in [0.15, 0.2) is 0 Å². The van der Waals surface area contributed by atoms with E-state index in [-0.39, 0.29) is 11.2 Å². The smallest absolute Gasteiger partial charge is 0.308 e. The summed E-state index contributed by atoms with van der Waals surface area (Å²) in [4.78, 5) is 23.8. The molecule has 0 bridgehead atoms. The zero-order valence-corrected chi connectivity index (χ0v) is 13.2. The van der Waals surface area contributed by atoms with Crippen LogP contribution in [0.2, 0.25) is 5.02 Å². The first-order valence-corrected chi connectivity index (χ1v) is 7.52. The highest BCUT2D eigenvalue weighted by molar-refractivity contribution is 8.00. The lowest BCUT2D eigenvalue weighted by molar-refractivity contribution is -0.142. The van der Waals surface area contributed by atoms with E-state index in [2.05, 4.69) is 5.32 Å². The third-order valence-corrected chi connectivity index (χ3v) is 4.37. The summed E-state index contributed by atoms with van der Waals surface area (Å²) >= 11 is 7.20. The molecule has 0 fully saturated rings. The quantitative estimate of drug-likeness (QED) is 0.792. The van der Waals surface area contributed by atoms with Crippen molar-refractivity contribution in [2.75, 3.05) is 0 Å². The minimum atomic E-state index is -0.921. The van der Waals surface area contributed by atoms with Crippen molar-refractivity contribution >= 4 is 35.2 Å². The van der Waals surface area contributed by atoms with Gasteiger partial charge >= 0.3 is 5.97 Å². The normalized spacial score (nSPS) is 15.2. The van der Waals surface area contributed by atoms with Crippen molar-refractivity contribution in [3.8, 4) is 0 Å². The van der Waals surface area contributed by atoms with Gasteiger partial charge in [-0.15, -0.1) is 11.8 Å². The molecule has 0 spiro atoms. The van der Waals surface area contributed by atoms with E-state index < -0.39 is 17.9 Å². The Hall–Kier alpha value is -1.20. The van der Waals surface area contributed by atoms with Crippen LogP contribution in [0.25, 0.3) is 0 Å². The number of aliphatic carboxylic acids is 1. The lowest BCUT2D eigenvalue weighted by Crippen LogP contribution is -2.43. The predicted molar refractivity (Wildman–Crippen MR) is 81.2 cm³/mol. The van der Waals surface area contributed by atoms with Gasteiger partial charge in [0.1, 0.15) is 0 Å². The Morgan fingerprint density at radius 2 is 1.75 bits per heavy atom. The molecule has 3 unspecified atom stereocenters. The van der Waals surface area contributed by atoms with Crippen molar-refractivity contribution in [2.45, 2.75) is 37.0 Å². The maximum absolute atomic E-state index is 12.0. The molecule has 2 N–H and O–H groups in total. The van der Waals surface area contributed by atoms with Crippen LogP contribution in [0.15, 0.2) is 29.2 Å². The second-order valence-corrected chi connectivity index (χ2v) is 6.49. The van der Waals surface area contributed by atoms with Crippen molar-refractivity contribution in [1.29, 1.82) is 0 Å². The first kappa shape index (κ1) is 16.9. The molecule has 0 heterocycles. The van der Waals surface area contributed by atoms with E-state index in [1.54, 1.807) is 32.9 Å². The molecule has 1 aromatic rings. The number of halogens is 1. The van der Waals surface area contributed by atoms with Crippen LogP contribution in [0.3, 0.4) is 0 Å². The number of carbonyl (C=O) groups is 2. The first-order valence-electron chi connectivity index (χ1n) is 6.26. The Morgan fingerprint density at radius 3 is 2.25 bits per heavy atom. The Labute approximate surface area is 127 Å². The second-order valence-electron chi connectivity index (χ2n) is 4.64. The number of hydrogen-bond acceptors (Lipinski definition) is 3. The summed E-state index contributed by atoms with van der Waals surface area (Å²) in [5, 5.41) is 12.0. The average molecular weight is 316 g/mol. The molecule has 1 aromatic carbocycles. The maximum atomic E-state index is 12.0. The number of carboxylic acid groups (broad SMARTS) is 1. The van der Waals surface area contributed by atoms with Crippen molar-refractivity contribution in [1.82, 2.24) is 5.32 Å². The largest absolute Gasteiger partial charge is 0.481 e. The number of nitrogens with one attached hydrogen (secondary N) is 1. The zero-order chi connectivity index (χ0) is 15.3. The molecule has 0 aliphatic carbocycles. The molecule has 0 saturated heterocycles. The van der Waals surface area contributed by atoms with Gasteiger partial charge in [-0.2, -0.15) is 0 Å². The van der Waals surface area contributed by atoms with Gasteiger partial charge < -0.3 is 10.4 Å². The molecule has 0 aliphatic heterocycles. The van der Waals surface area contributed by atoms with Gasteiger partial charge in [-0.3, -0.25) is 9.59 Å². The molecule has 0 radical (unpaired) electrons. The molecule has 0 aliphatic rings. The number of amides is 1. The first-order chi connectivity index (χ1) is 9.31. The molecular formula is C14H18ClNO3S. The molecule has 1 rings (SSSR count). The highest BCUT2D eigenvalue weighted by Gasteiger charge is 2.23. The fourth-order valence-corrected chi connectivity index (χ4v) is 2.45. The lowest BCUT2D eigenvalue weighted by atomic mass is 10.0. The summed E-state index contributed by atoms with van der Waals surface area (Å²) in [5.41, 5.74) is 0. The molecule has 20 heavy (non-hydrogen) atoms. The van der Waals surface area contributed by atoms with E-state index in [9.17, 15) is 9.59 Å². The van der Waals surface area contributed by atoms with Gasteiger partial charge in [-0.05, 0) is 45.0 Å². The number of thioether (sulfide) groups is 1. The predicted octanol–water partition coefficient (Wildman–Crippen LogP) is 3.05. The minimum Gasteiger partial charge on any atom is -0.481 e. The van der Waals surface area contributed by atoms with E-state index in [0.717, 1.165) is 4.90 Å². The number of benzene rings is 1. The van der Waals surface area contributed by atoms with Crippen molar-refractivity contribution in [3.05, 3.63) is 29.3 Å². The molecule has 0 saturated carbocycles. The highest BCUT2D eigenvalue weighted by atomic mass is 35.5. The summed E-state index contributed by atoms with van der Waals surface area (Å²) in [7, 11) is 0. The number of hydrogen-bond donors (Lipinski definition) is 2. The van der Waals surface area contributed by atoms with E-state index in [4.69, 9.17) is 16.7 Å². The number of rotatable bonds is 6. The van der Waals surface area contributed by atoms with E-state index in [0.29, 0.717) is 5.02 Å². The summed E-state index contributed by atoms with van der Waals surface area (Å²) in [5.74, 6) is -1.71. The Bertz CT molecular complexity index is 478.